The number of aldehydes is 1. The van der Waals surface area contributed by atoms with Gasteiger partial charge >= 0.3 is 0 Å². The van der Waals surface area contributed by atoms with Gasteiger partial charge in [-0.05, 0) is 25.0 Å². The fourth-order valence-electron chi connectivity index (χ4n) is 2.48. The zero-order valence-corrected chi connectivity index (χ0v) is 13.4. The maximum Gasteiger partial charge on any atom is 0.188 e. The molecule has 1 rings (SSSR count). The maximum atomic E-state index is 11.4. The summed E-state index contributed by atoms with van der Waals surface area (Å²) in [6, 6.07) is 3.50. The van der Waals surface area contributed by atoms with Gasteiger partial charge in [0.15, 0.2) is 13.1 Å². The van der Waals surface area contributed by atoms with E-state index in [0.717, 1.165) is 24.7 Å². The van der Waals surface area contributed by atoms with Crippen molar-refractivity contribution in [3.05, 3.63) is 23.3 Å². The van der Waals surface area contributed by atoms with E-state index in [9.17, 15) is 4.79 Å². The Labute approximate surface area is 126 Å². The molecule has 0 N–H and O–H groups in total. The minimum absolute atomic E-state index is 0.0629. The van der Waals surface area contributed by atoms with Gasteiger partial charge in [0.05, 0.1) is 18.3 Å². The van der Waals surface area contributed by atoms with Gasteiger partial charge in [-0.1, -0.05) is 13.8 Å². The van der Waals surface area contributed by atoms with Crippen LogP contribution in [-0.4, -0.2) is 34.4 Å². The molecule has 0 aliphatic rings. The van der Waals surface area contributed by atoms with Crippen LogP contribution in [0.25, 0.3) is 0 Å². The van der Waals surface area contributed by atoms with Crippen LogP contribution >= 0.6 is 0 Å². The van der Waals surface area contributed by atoms with E-state index < -0.39 is 5.60 Å². The molecule has 5 heteroatoms. The van der Waals surface area contributed by atoms with Crippen molar-refractivity contribution in [3.63, 3.8) is 0 Å². The van der Waals surface area contributed by atoms with Crippen LogP contribution in [0.5, 0.6) is 11.5 Å². The second kappa shape index (κ2) is 8.00. The van der Waals surface area contributed by atoms with Crippen LogP contribution in [0.3, 0.4) is 0 Å². The molecule has 0 bridgehead atoms. The molecule has 0 atom stereocenters. The molecule has 0 fully saturated rings. The van der Waals surface area contributed by atoms with Gasteiger partial charge < -0.3 is 18.9 Å². The number of ether oxygens (including phenoxy) is 4. The van der Waals surface area contributed by atoms with Gasteiger partial charge in [0.2, 0.25) is 0 Å². The molecule has 0 aliphatic heterocycles. The van der Waals surface area contributed by atoms with Crippen LogP contribution in [0.1, 0.15) is 42.6 Å². The average Bonchev–Trinajstić information content (AvgIpc) is 2.54. The molecule has 0 saturated heterocycles. The Morgan fingerprint density at radius 3 is 2.24 bits per heavy atom. The van der Waals surface area contributed by atoms with E-state index in [4.69, 9.17) is 18.9 Å². The summed E-state index contributed by atoms with van der Waals surface area (Å²) in [6.07, 6.45) is 2.24. The summed E-state index contributed by atoms with van der Waals surface area (Å²) in [7, 11) is 4.76. The van der Waals surface area contributed by atoms with Crippen LogP contribution in [-0.2, 0) is 15.1 Å². The quantitative estimate of drug-likeness (QED) is 0.517. The smallest absolute Gasteiger partial charge is 0.188 e. The number of hydrogen-bond acceptors (Lipinski definition) is 5. The van der Waals surface area contributed by atoms with Crippen molar-refractivity contribution in [3.8, 4) is 11.5 Å². The lowest BCUT2D eigenvalue weighted by atomic mass is 9.86. The van der Waals surface area contributed by atoms with E-state index in [0.29, 0.717) is 17.1 Å². The zero-order valence-electron chi connectivity index (χ0n) is 13.4. The van der Waals surface area contributed by atoms with Crippen molar-refractivity contribution < 1.29 is 23.7 Å². The molecule has 0 aromatic heterocycles. The second-order valence-corrected chi connectivity index (χ2v) is 4.67. The third-order valence-electron chi connectivity index (χ3n) is 3.80. The van der Waals surface area contributed by atoms with Crippen LogP contribution < -0.4 is 9.47 Å². The summed E-state index contributed by atoms with van der Waals surface area (Å²) in [5.74, 6) is 1.08. The minimum atomic E-state index is -0.532. The van der Waals surface area contributed by atoms with Gasteiger partial charge in [-0.2, -0.15) is 0 Å². The van der Waals surface area contributed by atoms with E-state index >= 15 is 0 Å². The number of carbonyl (C=O) groups is 1. The highest BCUT2D eigenvalue weighted by Gasteiger charge is 2.33. The van der Waals surface area contributed by atoms with E-state index in [1.54, 1.807) is 20.3 Å². The fourth-order valence-corrected chi connectivity index (χ4v) is 2.48. The summed E-state index contributed by atoms with van der Waals surface area (Å²) in [4.78, 5) is 11.4. The molecule has 0 radical (unpaired) electrons. The molecule has 0 saturated carbocycles. The highest BCUT2D eigenvalue weighted by molar-refractivity contribution is 5.81. The molecule has 0 unspecified atom stereocenters. The van der Waals surface area contributed by atoms with Gasteiger partial charge in [0, 0.05) is 19.8 Å². The first-order chi connectivity index (χ1) is 10.1. The van der Waals surface area contributed by atoms with Crippen LogP contribution in [0.4, 0.5) is 0 Å². The van der Waals surface area contributed by atoms with E-state index in [-0.39, 0.29) is 6.79 Å². The van der Waals surface area contributed by atoms with E-state index in [2.05, 4.69) is 0 Å². The number of carbonyl (C=O) groups excluding carboxylic acids is 1. The lowest BCUT2D eigenvalue weighted by molar-refractivity contribution is -0.0270. The first-order valence-electron chi connectivity index (χ1n) is 6.96. The van der Waals surface area contributed by atoms with E-state index in [1.807, 2.05) is 19.9 Å². The SMILES string of the molecule is CCC(CC)(OC)c1cc(OC)cc(C=O)c1OCOC. The Balaban J connectivity index is 3.53. The third kappa shape index (κ3) is 3.54. The Hall–Kier alpha value is -1.59. The summed E-state index contributed by atoms with van der Waals surface area (Å²) >= 11 is 0. The normalized spacial score (nSPS) is 11.3. The Bertz CT molecular complexity index is 458. The Morgan fingerprint density at radius 1 is 1.14 bits per heavy atom. The molecule has 0 heterocycles. The van der Waals surface area contributed by atoms with Crippen LogP contribution in [0.2, 0.25) is 0 Å². The predicted octanol–water partition coefficient (Wildman–Crippen LogP) is 3.15. The van der Waals surface area contributed by atoms with Gasteiger partial charge in [0.25, 0.3) is 0 Å². The van der Waals surface area contributed by atoms with Crippen molar-refractivity contribution in [2.75, 3.05) is 28.1 Å². The lowest BCUT2D eigenvalue weighted by Gasteiger charge is -2.33. The molecular formula is C16H24O5. The third-order valence-corrected chi connectivity index (χ3v) is 3.80. The standard InChI is InChI=1S/C16H24O5/c1-6-16(7-2,20-5)14-9-13(19-4)8-12(10-17)15(14)21-11-18-3/h8-10H,6-7,11H2,1-5H3. The van der Waals surface area contributed by atoms with E-state index in [1.165, 1.54) is 7.11 Å². The van der Waals surface area contributed by atoms with Crippen molar-refractivity contribution in [1.29, 1.82) is 0 Å². The largest absolute Gasteiger partial charge is 0.497 e. The molecular weight excluding hydrogens is 272 g/mol. The van der Waals surface area contributed by atoms with Gasteiger partial charge in [-0.3, -0.25) is 4.79 Å². The second-order valence-electron chi connectivity index (χ2n) is 4.67. The highest BCUT2D eigenvalue weighted by atomic mass is 16.7. The molecule has 0 amide bonds. The maximum absolute atomic E-state index is 11.4. The highest BCUT2D eigenvalue weighted by Crippen LogP contribution is 2.42. The summed E-state index contributed by atoms with van der Waals surface area (Å²) < 4.78 is 21.6. The monoisotopic (exact) mass is 296 g/mol. The molecule has 21 heavy (non-hydrogen) atoms. The molecule has 0 aliphatic carbocycles. The van der Waals surface area contributed by atoms with Crippen LogP contribution in [0.15, 0.2) is 12.1 Å². The fraction of sp³-hybridized carbons (Fsp3) is 0.562. The number of benzene rings is 1. The van der Waals surface area contributed by atoms with Gasteiger partial charge in [-0.25, -0.2) is 0 Å². The summed E-state index contributed by atoms with van der Waals surface area (Å²) in [6.45, 7) is 4.13. The zero-order chi connectivity index (χ0) is 15.9. The Morgan fingerprint density at radius 2 is 1.81 bits per heavy atom. The number of rotatable bonds is 9. The van der Waals surface area contributed by atoms with Crippen molar-refractivity contribution in [2.45, 2.75) is 32.3 Å². The molecule has 1 aromatic carbocycles. The minimum Gasteiger partial charge on any atom is -0.497 e. The Kier molecular flexibility index (Phi) is 6.65. The van der Waals surface area contributed by atoms with Gasteiger partial charge in [0.1, 0.15) is 11.5 Å². The predicted molar refractivity (Wildman–Crippen MR) is 80.2 cm³/mol. The topological polar surface area (TPSA) is 54.0 Å². The summed E-state index contributed by atoms with van der Waals surface area (Å²) in [5, 5.41) is 0. The van der Waals surface area contributed by atoms with Crippen molar-refractivity contribution >= 4 is 6.29 Å². The lowest BCUT2D eigenvalue weighted by Crippen LogP contribution is -2.28. The van der Waals surface area contributed by atoms with Gasteiger partial charge in [-0.15, -0.1) is 0 Å². The molecule has 118 valence electrons. The number of methoxy groups -OCH3 is 3. The molecule has 0 spiro atoms. The first kappa shape index (κ1) is 17.5. The molecule has 5 nitrogen and oxygen atoms in total. The van der Waals surface area contributed by atoms with Crippen molar-refractivity contribution in [2.24, 2.45) is 0 Å². The molecule has 1 aromatic rings. The average molecular weight is 296 g/mol. The summed E-state index contributed by atoms with van der Waals surface area (Å²) in [5.41, 5.74) is 0.688. The van der Waals surface area contributed by atoms with Crippen LogP contribution in [0, 0.1) is 0 Å². The number of hydrogen-bond donors (Lipinski definition) is 0. The first-order valence-corrected chi connectivity index (χ1v) is 6.96. The van der Waals surface area contributed by atoms with Crippen molar-refractivity contribution in [1.82, 2.24) is 0 Å².